The fourth-order valence-corrected chi connectivity index (χ4v) is 4.24. The van der Waals surface area contributed by atoms with Gasteiger partial charge in [0.05, 0.1) is 12.6 Å². The molecule has 31 heavy (non-hydrogen) atoms. The van der Waals surface area contributed by atoms with Gasteiger partial charge in [-0.1, -0.05) is 63.3 Å². The maximum Gasteiger partial charge on any atom is 0.243 e. The van der Waals surface area contributed by atoms with E-state index in [1.807, 2.05) is 19.2 Å². The van der Waals surface area contributed by atoms with E-state index < -0.39 is 0 Å². The maximum absolute atomic E-state index is 12.9. The highest BCUT2D eigenvalue weighted by atomic mass is 16.3. The van der Waals surface area contributed by atoms with Gasteiger partial charge in [-0.05, 0) is 53.6 Å². The van der Waals surface area contributed by atoms with Gasteiger partial charge in [0.25, 0.3) is 0 Å². The Balaban J connectivity index is 1.99. The van der Waals surface area contributed by atoms with Crippen LogP contribution in [0.15, 0.2) is 42.5 Å². The molecular weight excluding hydrogens is 384 g/mol. The molecule has 0 unspecified atom stereocenters. The summed E-state index contributed by atoms with van der Waals surface area (Å²) in [6, 6.07) is 14.2. The molecule has 2 atom stereocenters. The Kier molecular flexibility index (Phi) is 7.76. The lowest BCUT2D eigenvalue weighted by Gasteiger charge is -2.37. The van der Waals surface area contributed by atoms with E-state index in [0.29, 0.717) is 6.42 Å². The Hall–Kier alpha value is -2.77. The molecule has 0 saturated carbocycles. The minimum Gasteiger partial charge on any atom is -0.394 e. The lowest BCUT2D eigenvalue weighted by Crippen LogP contribution is -2.54. The van der Waals surface area contributed by atoms with Crippen LogP contribution in [0.2, 0.25) is 0 Å². The fourth-order valence-electron chi connectivity index (χ4n) is 4.24. The number of likely N-dealkylation sites (N-methyl/N-ethyl adjacent to an activating group) is 1. The second kappa shape index (κ2) is 10.5. The molecule has 4 nitrogen and oxygen atoms in total. The van der Waals surface area contributed by atoms with Gasteiger partial charge in [-0.15, -0.1) is 0 Å². The van der Waals surface area contributed by atoms with Crippen molar-refractivity contribution in [3.05, 3.63) is 53.6 Å². The number of anilines is 1. The summed E-state index contributed by atoms with van der Waals surface area (Å²) in [5.41, 5.74) is 5.42. The zero-order valence-electron chi connectivity index (χ0n) is 19.1. The third-order valence-electron chi connectivity index (χ3n) is 5.90. The Labute approximate surface area is 186 Å². The molecule has 0 spiro atoms. The second-order valence-corrected chi connectivity index (χ2v) is 8.72. The number of nitrogens with one attached hydrogen (secondary N) is 1. The van der Waals surface area contributed by atoms with E-state index in [2.05, 4.69) is 73.2 Å². The molecule has 2 N–H and O–H groups in total. The smallest absolute Gasteiger partial charge is 0.243 e. The topological polar surface area (TPSA) is 52.6 Å². The standard InChI is InChI=1S/C27H34N2O2/c1-5-6-7-8-10-20-11-9-12-21(15-20)22-13-14-23-16-24(18-30)28-27(31)26(19(2)3)29(4)25(23)17-22/h9,11-15,17,19,24,26,30H,5-7,16,18H2,1-4H3,(H,28,31)/t24-,26-/m0/s1. The monoisotopic (exact) mass is 418 g/mol. The lowest BCUT2D eigenvalue weighted by atomic mass is 9.93. The number of carbonyl (C=O) groups excluding carboxylic acids is 1. The zero-order chi connectivity index (χ0) is 22.4. The van der Waals surface area contributed by atoms with Gasteiger partial charge in [-0.2, -0.15) is 0 Å². The van der Waals surface area contributed by atoms with Crippen molar-refractivity contribution in [2.45, 2.75) is 58.5 Å². The molecule has 1 amide bonds. The first-order chi connectivity index (χ1) is 14.9. The first-order valence-corrected chi connectivity index (χ1v) is 11.3. The number of aliphatic hydroxyl groups excluding tert-OH is 1. The first-order valence-electron chi connectivity index (χ1n) is 11.3. The summed E-state index contributed by atoms with van der Waals surface area (Å²) in [7, 11) is 1.99. The SMILES string of the molecule is CCCCC#Cc1cccc(-c2ccc3c(c2)N(C)[C@@H](C(C)C)C(=O)N[C@H](CO)C3)c1. The number of aliphatic hydroxyl groups is 1. The normalized spacial score (nSPS) is 18.5. The number of fused-ring (bicyclic) bond motifs is 1. The number of carbonyl (C=O) groups is 1. The second-order valence-electron chi connectivity index (χ2n) is 8.72. The molecule has 0 fully saturated rings. The van der Waals surface area contributed by atoms with Gasteiger partial charge in [0.2, 0.25) is 5.91 Å². The van der Waals surface area contributed by atoms with Crippen molar-refractivity contribution in [2.75, 3.05) is 18.6 Å². The van der Waals surface area contributed by atoms with Crippen molar-refractivity contribution < 1.29 is 9.90 Å². The van der Waals surface area contributed by atoms with Crippen molar-refractivity contribution in [2.24, 2.45) is 5.92 Å². The van der Waals surface area contributed by atoms with Crippen LogP contribution in [-0.4, -0.2) is 36.8 Å². The van der Waals surface area contributed by atoms with Crippen molar-refractivity contribution in [3.63, 3.8) is 0 Å². The zero-order valence-corrected chi connectivity index (χ0v) is 19.1. The molecule has 0 aromatic heterocycles. The highest BCUT2D eigenvalue weighted by Gasteiger charge is 2.32. The van der Waals surface area contributed by atoms with Gasteiger partial charge in [-0.3, -0.25) is 4.79 Å². The summed E-state index contributed by atoms with van der Waals surface area (Å²) in [4.78, 5) is 14.9. The average Bonchev–Trinajstić information content (AvgIpc) is 2.75. The van der Waals surface area contributed by atoms with Crippen LogP contribution in [0.4, 0.5) is 5.69 Å². The summed E-state index contributed by atoms with van der Waals surface area (Å²) in [6.07, 6.45) is 3.82. The van der Waals surface area contributed by atoms with E-state index in [1.54, 1.807) is 0 Å². The Bertz CT molecular complexity index is 971. The molecule has 3 rings (SSSR count). The van der Waals surface area contributed by atoms with E-state index in [-0.39, 0.29) is 30.5 Å². The van der Waals surface area contributed by atoms with Crippen LogP contribution in [0.5, 0.6) is 0 Å². The number of benzene rings is 2. The van der Waals surface area contributed by atoms with E-state index in [1.165, 1.54) is 0 Å². The molecule has 4 heteroatoms. The van der Waals surface area contributed by atoms with Crippen LogP contribution >= 0.6 is 0 Å². The van der Waals surface area contributed by atoms with Crippen molar-refractivity contribution in [1.82, 2.24) is 5.32 Å². The molecule has 0 radical (unpaired) electrons. The molecule has 0 bridgehead atoms. The number of hydrogen-bond acceptors (Lipinski definition) is 3. The van der Waals surface area contributed by atoms with Gasteiger partial charge in [0.15, 0.2) is 0 Å². The van der Waals surface area contributed by atoms with Gasteiger partial charge >= 0.3 is 0 Å². The predicted octanol–water partition coefficient (Wildman–Crippen LogP) is 4.39. The Morgan fingerprint density at radius 3 is 2.68 bits per heavy atom. The third-order valence-corrected chi connectivity index (χ3v) is 5.90. The van der Waals surface area contributed by atoms with Gasteiger partial charge in [-0.25, -0.2) is 0 Å². The molecular formula is C27H34N2O2. The minimum atomic E-state index is -0.292. The summed E-state index contributed by atoms with van der Waals surface area (Å²) >= 11 is 0. The molecule has 1 aliphatic rings. The average molecular weight is 419 g/mol. The van der Waals surface area contributed by atoms with Crippen LogP contribution in [0.1, 0.15) is 51.2 Å². The van der Waals surface area contributed by atoms with E-state index in [4.69, 9.17) is 0 Å². The highest BCUT2D eigenvalue weighted by Crippen LogP contribution is 2.32. The van der Waals surface area contributed by atoms with Crippen LogP contribution in [-0.2, 0) is 11.2 Å². The minimum absolute atomic E-state index is 0.0306. The van der Waals surface area contributed by atoms with E-state index in [0.717, 1.165) is 47.2 Å². The summed E-state index contributed by atoms with van der Waals surface area (Å²) in [5.74, 6) is 6.65. The first kappa shape index (κ1) is 22.9. The summed E-state index contributed by atoms with van der Waals surface area (Å²) < 4.78 is 0. The van der Waals surface area contributed by atoms with Gasteiger partial charge in [0.1, 0.15) is 6.04 Å². The Morgan fingerprint density at radius 1 is 1.19 bits per heavy atom. The number of unbranched alkanes of at least 4 members (excludes halogenated alkanes) is 2. The van der Waals surface area contributed by atoms with Crippen LogP contribution in [0.25, 0.3) is 11.1 Å². The molecule has 1 heterocycles. The number of rotatable bonds is 5. The molecule has 2 aromatic rings. The largest absolute Gasteiger partial charge is 0.394 e. The van der Waals surface area contributed by atoms with Crippen LogP contribution < -0.4 is 10.2 Å². The third kappa shape index (κ3) is 5.48. The van der Waals surface area contributed by atoms with Crippen molar-refractivity contribution >= 4 is 11.6 Å². The fraction of sp³-hybridized carbons (Fsp3) is 0.444. The quantitative estimate of drug-likeness (QED) is 0.559. The molecule has 1 aliphatic heterocycles. The number of amides is 1. The summed E-state index contributed by atoms with van der Waals surface area (Å²) in [5, 5.41) is 12.8. The molecule has 164 valence electrons. The number of nitrogens with zero attached hydrogens (tertiary/aromatic N) is 1. The predicted molar refractivity (Wildman–Crippen MR) is 128 cm³/mol. The van der Waals surface area contributed by atoms with Gasteiger partial charge < -0.3 is 15.3 Å². The van der Waals surface area contributed by atoms with E-state index >= 15 is 0 Å². The van der Waals surface area contributed by atoms with E-state index in [9.17, 15) is 9.90 Å². The van der Waals surface area contributed by atoms with Gasteiger partial charge in [0, 0.05) is 24.7 Å². The van der Waals surface area contributed by atoms with Crippen molar-refractivity contribution in [1.29, 1.82) is 0 Å². The highest BCUT2D eigenvalue weighted by molar-refractivity contribution is 5.87. The molecule has 0 aliphatic carbocycles. The van der Waals surface area contributed by atoms with Crippen molar-refractivity contribution in [3.8, 4) is 23.0 Å². The summed E-state index contributed by atoms with van der Waals surface area (Å²) in [6.45, 7) is 6.22. The van der Waals surface area contributed by atoms with Crippen LogP contribution in [0, 0.1) is 17.8 Å². The van der Waals surface area contributed by atoms with Crippen LogP contribution in [0.3, 0.4) is 0 Å². The lowest BCUT2D eigenvalue weighted by molar-refractivity contribution is -0.124. The Morgan fingerprint density at radius 2 is 1.97 bits per heavy atom. The maximum atomic E-state index is 12.9. The molecule has 0 saturated heterocycles. The number of hydrogen-bond donors (Lipinski definition) is 2. The molecule has 2 aromatic carbocycles.